The fourth-order valence-electron chi connectivity index (χ4n) is 3.71. The quantitative estimate of drug-likeness (QED) is 0.721. The van der Waals surface area contributed by atoms with Gasteiger partial charge in [0.1, 0.15) is 0 Å². The molecule has 0 saturated heterocycles. The second kappa shape index (κ2) is 4.98. The summed E-state index contributed by atoms with van der Waals surface area (Å²) >= 11 is 0. The molecule has 0 aromatic heterocycles. The molecule has 1 heterocycles. The maximum absolute atomic E-state index is 5.66. The van der Waals surface area contributed by atoms with Gasteiger partial charge in [0.2, 0.25) is 5.90 Å². The SMILES string of the molecule is C=C1C(OCC)=Nc2c1cc(C1CCC1C)c1ccccc21. The molecule has 2 aromatic rings. The molecule has 2 nitrogen and oxygen atoms in total. The zero-order valence-corrected chi connectivity index (χ0v) is 13.2. The lowest BCUT2D eigenvalue weighted by molar-refractivity contribution is 0.282. The Bertz CT molecular complexity index is 803. The molecule has 22 heavy (non-hydrogen) atoms. The highest BCUT2D eigenvalue weighted by Crippen LogP contribution is 2.49. The summed E-state index contributed by atoms with van der Waals surface area (Å²) in [6.07, 6.45) is 2.62. The first kappa shape index (κ1) is 13.6. The van der Waals surface area contributed by atoms with E-state index in [4.69, 9.17) is 9.73 Å². The zero-order chi connectivity index (χ0) is 15.3. The van der Waals surface area contributed by atoms with E-state index in [1.165, 1.54) is 29.2 Å². The van der Waals surface area contributed by atoms with Gasteiger partial charge in [-0.1, -0.05) is 37.8 Å². The van der Waals surface area contributed by atoms with Crippen LogP contribution in [-0.4, -0.2) is 12.5 Å². The molecule has 1 aliphatic carbocycles. The van der Waals surface area contributed by atoms with Gasteiger partial charge in [-0.15, -0.1) is 0 Å². The van der Waals surface area contributed by atoms with Gasteiger partial charge in [-0.25, -0.2) is 4.99 Å². The van der Waals surface area contributed by atoms with Gasteiger partial charge in [0.05, 0.1) is 12.3 Å². The number of fused-ring (bicyclic) bond motifs is 3. The van der Waals surface area contributed by atoms with Gasteiger partial charge in [-0.2, -0.15) is 0 Å². The van der Waals surface area contributed by atoms with E-state index < -0.39 is 0 Å². The molecular formula is C20H21NO. The first-order valence-corrected chi connectivity index (χ1v) is 8.17. The summed E-state index contributed by atoms with van der Waals surface area (Å²) in [6.45, 7) is 9.17. The topological polar surface area (TPSA) is 21.6 Å². The van der Waals surface area contributed by atoms with Crippen LogP contribution in [0.25, 0.3) is 16.3 Å². The molecular weight excluding hydrogens is 270 g/mol. The first-order valence-electron chi connectivity index (χ1n) is 8.17. The highest BCUT2D eigenvalue weighted by molar-refractivity contribution is 6.27. The Morgan fingerprint density at radius 2 is 2.00 bits per heavy atom. The summed E-state index contributed by atoms with van der Waals surface area (Å²) in [5, 5.41) is 2.57. The van der Waals surface area contributed by atoms with Crippen LogP contribution >= 0.6 is 0 Å². The van der Waals surface area contributed by atoms with Crippen molar-refractivity contribution in [3.8, 4) is 0 Å². The van der Waals surface area contributed by atoms with Crippen molar-refractivity contribution in [1.29, 1.82) is 0 Å². The van der Waals surface area contributed by atoms with Crippen LogP contribution in [0, 0.1) is 5.92 Å². The lowest BCUT2D eigenvalue weighted by atomic mass is 9.69. The zero-order valence-electron chi connectivity index (χ0n) is 13.2. The Kier molecular flexibility index (Phi) is 3.07. The first-order chi connectivity index (χ1) is 10.7. The molecule has 2 unspecified atom stereocenters. The van der Waals surface area contributed by atoms with E-state index in [-0.39, 0.29) is 0 Å². The minimum Gasteiger partial charge on any atom is -0.478 e. The Balaban J connectivity index is 1.94. The highest BCUT2D eigenvalue weighted by atomic mass is 16.5. The maximum atomic E-state index is 5.66. The average molecular weight is 291 g/mol. The van der Waals surface area contributed by atoms with E-state index >= 15 is 0 Å². The van der Waals surface area contributed by atoms with E-state index in [1.54, 1.807) is 0 Å². The predicted octanol–water partition coefficient (Wildman–Crippen LogP) is 5.45. The van der Waals surface area contributed by atoms with Gasteiger partial charge in [-0.3, -0.25) is 0 Å². The van der Waals surface area contributed by atoms with Crippen LogP contribution in [0.5, 0.6) is 0 Å². The Morgan fingerprint density at radius 1 is 1.23 bits per heavy atom. The Hall–Kier alpha value is -2.09. The summed E-state index contributed by atoms with van der Waals surface area (Å²) in [6, 6.07) is 10.9. The molecule has 1 fully saturated rings. The van der Waals surface area contributed by atoms with Crippen LogP contribution in [0.1, 0.15) is 43.7 Å². The van der Waals surface area contributed by atoms with E-state index in [0.717, 1.165) is 22.7 Å². The van der Waals surface area contributed by atoms with E-state index in [1.807, 2.05) is 6.92 Å². The third kappa shape index (κ3) is 1.83. The summed E-state index contributed by atoms with van der Waals surface area (Å²) in [5.74, 6) is 2.11. The second-order valence-corrected chi connectivity index (χ2v) is 6.40. The highest BCUT2D eigenvalue weighted by Gasteiger charge is 2.32. The lowest BCUT2D eigenvalue weighted by Gasteiger charge is -2.35. The number of aliphatic imine (C=N–C) groups is 1. The molecule has 0 radical (unpaired) electrons. The molecule has 2 aliphatic rings. The van der Waals surface area contributed by atoms with Crippen molar-refractivity contribution in [2.24, 2.45) is 10.9 Å². The molecule has 2 aromatic carbocycles. The molecule has 1 saturated carbocycles. The average Bonchev–Trinajstić information content (AvgIpc) is 2.83. The molecule has 0 bridgehead atoms. The number of nitrogens with zero attached hydrogens (tertiary/aromatic N) is 1. The Labute approximate surface area is 131 Å². The minimum absolute atomic E-state index is 0.621. The van der Waals surface area contributed by atoms with Crippen LogP contribution in [0.4, 0.5) is 5.69 Å². The third-order valence-electron chi connectivity index (χ3n) is 5.15. The minimum atomic E-state index is 0.621. The fraction of sp³-hybridized carbons (Fsp3) is 0.350. The fourth-order valence-corrected chi connectivity index (χ4v) is 3.71. The van der Waals surface area contributed by atoms with Crippen LogP contribution in [0.3, 0.4) is 0 Å². The van der Waals surface area contributed by atoms with Crippen LogP contribution in [-0.2, 0) is 4.74 Å². The van der Waals surface area contributed by atoms with Gasteiger partial charge >= 0.3 is 0 Å². The molecule has 112 valence electrons. The van der Waals surface area contributed by atoms with Crippen molar-refractivity contribution in [1.82, 2.24) is 0 Å². The van der Waals surface area contributed by atoms with E-state index in [9.17, 15) is 0 Å². The molecule has 4 rings (SSSR count). The summed E-state index contributed by atoms with van der Waals surface area (Å²) in [5.41, 5.74) is 4.56. The normalized spacial score (nSPS) is 23.2. The number of benzene rings is 2. The number of hydrogen-bond donors (Lipinski definition) is 0. The number of ether oxygens (including phenoxy) is 1. The van der Waals surface area contributed by atoms with Crippen molar-refractivity contribution >= 4 is 27.9 Å². The van der Waals surface area contributed by atoms with E-state index in [2.05, 4.69) is 43.8 Å². The molecule has 1 aliphatic heterocycles. The largest absolute Gasteiger partial charge is 0.478 e. The van der Waals surface area contributed by atoms with Gasteiger partial charge < -0.3 is 4.74 Å². The monoisotopic (exact) mass is 291 g/mol. The van der Waals surface area contributed by atoms with Gasteiger partial charge in [0, 0.05) is 16.5 Å². The van der Waals surface area contributed by atoms with Crippen molar-refractivity contribution < 1.29 is 4.74 Å². The standard InChI is InChI=1S/C20H21NO/c1-4-22-20-13(3)17-11-18(14-10-9-12(14)2)15-7-5-6-8-16(15)19(17)21-20/h5-8,11-12,14H,3-4,9-10H2,1-2H3. The maximum Gasteiger partial charge on any atom is 0.221 e. The molecule has 0 N–H and O–H groups in total. The summed E-state index contributed by atoms with van der Waals surface area (Å²) in [7, 11) is 0. The van der Waals surface area contributed by atoms with Gasteiger partial charge in [0.15, 0.2) is 0 Å². The molecule has 2 atom stereocenters. The molecule has 0 amide bonds. The summed E-state index contributed by atoms with van der Waals surface area (Å²) < 4.78 is 5.66. The van der Waals surface area contributed by atoms with Crippen LogP contribution in [0.15, 0.2) is 41.9 Å². The molecule has 2 heteroatoms. The van der Waals surface area contributed by atoms with Crippen LogP contribution in [0.2, 0.25) is 0 Å². The second-order valence-electron chi connectivity index (χ2n) is 6.40. The third-order valence-corrected chi connectivity index (χ3v) is 5.15. The number of rotatable bonds is 2. The number of hydrogen-bond acceptors (Lipinski definition) is 2. The lowest BCUT2D eigenvalue weighted by Crippen LogP contribution is -2.21. The smallest absolute Gasteiger partial charge is 0.221 e. The predicted molar refractivity (Wildman–Crippen MR) is 92.8 cm³/mol. The molecule has 0 spiro atoms. The van der Waals surface area contributed by atoms with Crippen molar-refractivity contribution in [3.63, 3.8) is 0 Å². The van der Waals surface area contributed by atoms with E-state index in [0.29, 0.717) is 18.4 Å². The van der Waals surface area contributed by atoms with Gasteiger partial charge in [-0.05, 0) is 48.6 Å². The van der Waals surface area contributed by atoms with Crippen LogP contribution < -0.4 is 0 Å². The Morgan fingerprint density at radius 3 is 2.64 bits per heavy atom. The van der Waals surface area contributed by atoms with Crippen molar-refractivity contribution in [2.45, 2.75) is 32.6 Å². The van der Waals surface area contributed by atoms with Crippen molar-refractivity contribution in [3.05, 3.63) is 48.0 Å². The van der Waals surface area contributed by atoms with Crippen molar-refractivity contribution in [2.75, 3.05) is 6.61 Å². The summed E-state index contributed by atoms with van der Waals surface area (Å²) in [4.78, 5) is 4.71. The van der Waals surface area contributed by atoms with Gasteiger partial charge in [0.25, 0.3) is 0 Å².